The lowest BCUT2D eigenvalue weighted by molar-refractivity contribution is -0.116. The van der Waals surface area contributed by atoms with Crippen molar-refractivity contribution in [3.63, 3.8) is 0 Å². The molecule has 0 saturated carbocycles. The summed E-state index contributed by atoms with van der Waals surface area (Å²) in [5.74, 6) is 0.708. The predicted octanol–water partition coefficient (Wildman–Crippen LogP) is 4.73. The van der Waals surface area contributed by atoms with Crippen LogP contribution in [0.5, 0.6) is 0 Å². The Hall–Kier alpha value is -2.80. The van der Waals surface area contributed by atoms with Crippen LogP contribution in [-0.2, 0) is 4.79 Å². The molecule has 3 rings (SSSR count). The number of amides is 1. The van der Waals surface area contributed by atoms with Crippen molar-refractivity contribution in [3.8, 4) is 11.5 Å². The van der Waals surface area contributed by atoms with E-state index in [0.29, 0.717) is 17.7 Å². The van der Waals surface area contributed by atoms with Crippen LogP contribution >= 0.6 is 11.8 Å². The van der Waals surface area contributed by atoms with Gasteiger partial charge >= 0.3 is 0 Å². The molecule has 6 nitrogen and oxygen atoms in total. The highest BCUT2D eigenvalue weighted by Crippen LogP contribution is 2.26. The zero-order chi connectivity index (χ0) is 20.6. The molecule has 0 spiro atoms. The predicted molar refractivity (Wildman–Crippen MR) is 118 cm³/mol. The molecule has 29 heavy (non-hydrogen) atoms. The average molecular weight is 411 g/mol. The molecule has 0 aliphatic rings. The van der Waals surface area contributed by atoms with Crippen molar-refractivity contribution in [2.24, 2.45) is 0 Å². The van der Waals surface area contributed by atoms with Gasteiger partial charge in [0.1, 0.15) is 0 Å². The monoisotopic (exact) mass is 410 g/mol. The molecule has 0 fully saturated rings. The molecule has 0 N–H and O–H groups in total. The normalized spacial score (nSPS) is 10.7. The quantitative estimate of drug-likeness (QED) is 0.475. The van der Waals surface area contributed by atoms with Crippen molar-refractivity contribution >= 4 is 29.0 Å². The Kier molecular flexibility index (Phi) is 7.30. The topological polar surface area (TPSA) is 62.5 Å². The van der Waals surface area contributed by atoms with Gasteiger partial charge in [0.2, 0.25) is 11.8 Å². The molecule has 0 unspecified atom stereocenters. The Labute approximate surface area is 175 Å². The first-order valence-electron chi connectivity index (χ1n) is 9.83. The number of rotatable bonds is 9. The minimum Gasteiger partial charge on any atom is -0.411 e. The number of hydrogen-bond acceptors (Lipinski definition) is 6. The first kappa shape index (κ1) is 20.9. The number of benzene rings is 2. The van der Waals surface area contributed by atoms with Crippen LogP contribution in [0.15, 0.2) is 64.2 Å². The third kappa shape index (κ3) is 5.17. The summed E-state index contributed by atoms with van der Waals surface area (Å²) in [5, 5.41) is 8.60. The Balaban J connectivity index is 1.62. The number of para-hydroxylation sites is 1. The van der Waals surface area contributed by atoms with E-state index in [1.165, 1.54) is 17.4 Å². The summed E-state index contributed by atoms with van der Waals surface area (Å²) in [6, 6.07) is 17.7. The Morgan fingerprint density at radius 1 is 0.897 bits per heavy atom. The average Bonchev–Trinajstić information content (AvgIpc) is 3.24. The van der Waals surface area contributed by atoms with E-state index >= 15 is 0 Å². The van der Waals surface area contributed by atoms with E-state index in [-0.39, 0.29) is 11.7 Å². The highest BCUT2D eigenvalue weighted by Gasteiger charge is 2.16. The van der Waals surface area contributed by atoms with E-state index in [1.807, 2.05) is 49.4 Å². The van der Waals surface area contributed by atoms with Gasteiger partial charge in [-0.1, -0.05) is 30.0 Å². The van der Waals surface area contributed by atoms with Crippen molar-refractivity contribution in [2.45, 2.75) is 26.0 Å². The third-order valence-electron chi connectivity index (χ3n) is 4.65. The molecule has 152 valence electrons. The van der Waals surface area contributed by atoms with Gasteiger partial charge in [0, 0.05) is 36.6 Å². The minimum absolute atomic E-state index is 0.00651. The SMILES string of the molecule is CCN(CC)c1ccc(-c2nnc(SCC(=O)N(CC)c3ccccc3)o2)cc1. The van der Waals surface area contributed by atoms with E-state index in [4.69, 9.17) is 4.42 Å². The van der Waals surface area contributed by atoms with Crippen molar-refractivity contribution < 1.29 is 9.21 Å². The summed E-state index contributed by atoms with van der Waals surface area (Å²) in [4.78, 5) is 16.6. The summed E-state index contributed by atoms with van der Waals surface area (Å²) >= 11 is 1.26. The van der Waals surface area contributed by atoms with Crippen LogP contribution in [0.25, 0.3) is 11.5 Å². The molecule has 1 heterocycles. The zero-order valence-corrected chi connectivity index (χ0v) is 17.9. The van der Waals surface area contributed by atoms with Crippen LogP contribution < -0.4 is 9.80 Å². The van der Waals surface area contributed by atoms with Gasteiger partial charge in [-0.05, 0) is 57.2 Å². The highest BCUT2D eigenvalue weighted by molar-refractivity contribution is 7.99. The molecule has 1 amide bonds. The van der Waals surface area contributed by atoms with Crippen molar-refractivity contribution in [3.05, 3.63) is 54.6 Å². The van der Waals surface area contributed by atoms with E-state index in [9.17, 15) is 4.79 Å². The fraction of sp³-hybridized carbons (Fsp3) is 0.318. The molecule has 0 aliphatic carbocycles. The molecule has 7 heteroatoms. The third-order valence-corrected chi connectivity index (χ3v) is 5.46. The number of anilines is 2. The van der Waals surface area contributed by atoms with Crippen LogP contribution in [0, 0.1) is 0 Å². The fourth-order valence-electron chi connectivity index (χ4n) is 3.10. The van der Waals surface area contributed by atoms with E-state index < -0.39 is 0 Å². The molecule has 0 radical (unpaired) electrons. The molecule has 3 aromatic rings. The maximum Gasteiger partial charge on any atom is 0.277 e. The van der Waals surface area contributed by atoms with Crippen molar-refractivity contribution in [2.75, 3.05) is 35.2 Å². The fourth-order valence-corrected chi connectivity index (χ4v) is 3.74. The molecule has 1 aromatic heterocycles. The first-order chi connectivity index (χ1) is 14.2. The van der Waals surface area contributed by atoms with Crippen molar-refractivity contribution in [1.29, 1.82) is 0 Å². The zero-order valence-electron chi connectivity index (χ0n) is 17.0. The summed E-state index contributed by atoms with van der Waals surface area (Å²) < 4.78 is 5.75. The lowest BCUT2D eigenvalue weighted by atomic mass is 10.2. The lowest BCUT2D eigenvalue weighted by Gasteiger charge is -2.20. The van der Waals surface area contributed by atoms with Gasteiger partial charge in [0.05, 0.1) is 5.75 Å². The van der Waals surface area contributed by atoms with E-state index in [2.05, 4.69) is 41.1 Å². The van der Waals surface area contributed by atoms with Gasteiger partial charge in [0.25, 0.3) is 5.22 Å². The van der Waals surface area contributed by atoms with Crippen LogP contribution in [0.3, 0.4) is 0 Å². The Bertz CT molecular complexity index is 908. The second-order valence-corrected chi connectivity index (χ2v) is 7.28. The maximum atomic E-state index is 12.6. The van der Waals surface area contributed by atoms with E-state index in [1.54, 1.807) is 4.90 Å². The number of nitrogens with zero attached hydrogens (tertiary/aromatic N) is 4. The molecular formula is C22H26N4O2S. The maximum absolute atomic E-state index is 12.6. The molecule has 0 aliphatic heterocycles. The summed E-state index contributed by atoms with van der Waals surface area (Å²) in [6.07, 6.45) is 0. The Morgan fingerprint density at radius 2 is 1.59 bits per heavy atom. The summed E-state index contributed by atoms with van der Waals surface area (Å²) in [6.45, 7) is 8.76. The number of aromatic nitrogens is 2. The second-order valence-electron chi connectivity index (χ2n) is 6.35. The summed E-state index contributed by atoms with van der Waals surface area (Å²) in [7, 11) is 0. The van der Waals surface area contributed by atoms with Gasteiger partial charge in [-0.25, -0.2) is 0 Å². The largest absolute Gasteiger partial charge is 0.411 e. The van der Waals surface area contributed by atoms with Gasteiger partial charge in [0.15, 0.2) is 0 Å². The lowest BCUT2D eigenvalue weighted by Crippen LogP contribution is -2.32. The molecule has 2 aromatic carbocycles. The number of carbonyl (C=O) groups is 1. The van der Waals surface area contributed by atoms with Crippen LogP contribution in [0.4, 0.5) is 11.4 Å². The molecule has 0 atom stereocenters. The van der Waals surface area contributed by atoms with E-state index in [0.717, 1.165) is 24.3 Å². The highest BCUT2D eigenvalue weighted by atomic mass is 32.2. The minimum atomic E-state index is 0.00651. The van der Waals surface area contributed by atoms with Crippen LogP contribution in [0.1, 0.15) is 20.8 Å². The molecule has 0 bridgehead atoms. The van der Waals surface area contributed by atoms with Crippen molar-refractivity contribution in [1.82, 2.24) is 10.2 Å². The first-order valence-corrected chi connectivity index (χ1v) is 10.8. The Morgan fingerprint density at radius 3 is 2.21 bits per heavy atom. The summed E-state index contributed by atoms with van der Waals surface area (Å²) in [5.41, 5.74) is 2.92. The van der Waals surface area contributed by atoms with Gasteiger partial charge < -0.3 is 14.2 Å². The standard InChI is InChI=1S/C22H26N4O2S/c1-4-25(5-2)18-14-12-17(13-15-18)21-23-24-22(28-21)29-16-20(27)26(6-3)19-10-8-7-9-11-19/h7-15H,4-6,16H2,1-3H3. The second kappa shape index (κ2) is 10.1. The van der Waals surface area contributed by atoms with Crippen LogP contribution in [-0.4, -0.2) is 41.5 Å². The molecule has 0 saturated heterocycles. The number of hydrogen-bond donors (Lipinski definition) is 0. The number of carbonyl (C=O) groups excluding carboxylic acids is 1. The number of thioether (sulfide) groups is 1. The van der Waals surface area contributed by atoms with Gasteiger partial charge in [-0.15, -0.1) is 10.2 Å². The van der Waals surface area contributed by atoms with Gasteiger partial charge in [-0.3, -0.25) is 4.79 Å². The van der Waals surface area contributed by atoms with Gasteiger partial charge in [-0.2, -0.15) is 0 Å². The smallest absolute Gasteiger partial charge is 0.277 e. The van der Waals surface area contributed by atoms with Crippen LogP contribution in [0.2, 0.25) is 0 Å². The molecular weight excluding hydrogens is 384 g/mol.